The lowest BCUT2D eigenvalue weighted by Crippen LogP contribution is -2.32. The summed E-state index contributed by atoms with van der Waals surface area (Å²) in [5.41, 5.74) is 2.68. The maximum atomic E-state index is 10.2. The Balaban J connectivity index is 2.02. The van der Waals surface area contributed by atoms with Gasteiger partial charge in [0, 0.05) is 18.1 Å². The number of hydrogen-bond acceptors (Lipinski definition) is 5. The molecule has 0 aliphatic carbocycles. The van der Waals surface area contributed by atoms with Gasteiger partial charge in [0.2, 0.25) is 5.88 Å². The molecule has 32 heavy (non-hydrogen) atoms. The summed E-state index contributed by atoms with van der Waals surface area (Å²) in [6.45, 7) is 8.23. The minimum atomic E-state index is -0.365. The van der Waals surface area contributed by atoms with E-state index in [9.17, 15) is 5.11 Å². The van der Waals surface area contributed by atoms with Gasteiger partial charge in [0.25, 0.3) is 0 Å². The Morgan fingerprint density at radius 2 is 1.84 bits per heavy atom. The normalized spacial score (nSPS) is 12.2. The fraction of sp³-hybridized carbons (Fsp3) is 0.400. The third kappa shape index (κ3) is 6.03. The summed E-state index contributed by atoms with van der Waals surface area (Å²) in [6.07, 6.45) is 1.35. The average molecular weight is 458 g/mol. The maximum Gasteiger partial charge on any atom is 0.227 e. The molecule has 6 nitrogen and oxygen atoms in total. The van der Waals surface area contributed by atoms with Gasteiger partial charge in [0.1, 0.15) is 11.5 Å². The highest BCUT2D eigenvalue weighted by Gasteiger charge is 2.22. The van der Waals surface area contributed by atoms with Gasteiger partial charge in [-0.1, -0.05) is 31.5 Å². The van der Waals surface area contributed by atoms with E-state index in [1.54, 1.807) is 11.8 Å². The summed E-state index contributed by atoms with van der Waals surface area (Å²) in [6, 6.07) is 15.0. The first-order valence-corrected chi connectivity index (χ1v) is 11.4. The van der Waals surface area contributed by atoms with Gasteiger partial charge in [-0.05, 0) is 68.8 Å². The van der Waals surface area contributed by atoms with Gasteiger partial charge in [-0.2, -0.15) is 5.10 Å². The van der Waals surface area contributed by atoms with Crippen LogP contribution < -0.4 is 9.47 Å². The van der Waals surface area contributed by atoms with Crippen LogP contribution in [-0.4, -0.2) is 46.1 Å². The van der Waals surface area contributed by atoms with Gasteiger partial charge in [-0.3, -0.25) is 4.90 Å². The number of aryl methyl sites for hydroxylation is 1. The van der Waals surface area contributed by atoms with E-state index >= 15 is 0 Å². The number of aromatic nitrogens is 2. The van der Waals surface area contributed by atoms with Crippen LogP contribution in [0.2, 0.25) is 5.02 Å². The maximum absolute atomic E-state index is 10.2. The minimum Gasteiger partial charge on any atom is -0.497 e. The third-order valence-corrected chi connectivity index (χ3v) is 5.56. The van der Waals surface area contributed by atoms with Gasteiger partial charge in [0.15, 0.2) is 0 Å². The zero-order valence-electron chi connectivity index (χ0n) is 19.2. The highest BCUT2D eigenvalue weighted by atomic mass is 35.5. The predicted octanol–water partition coefficient (Wildman–Crippen LogP) is 5.62. The number of rotatable bonds is 11. The van der Waals surface area contributed by atoms with Gasteiger partial charge >= 0.3 is 0 Å². The highest BCUT2D eigenvalue weighted by molar-refractivity contribution is 6.30. The zero-order chi connectivity index (χ0) is 23.1. The second-order valence-electron chi connectivity index (χ2n) is 7.84. The van der Waals surface area contributed by atoms with Crippen LogP contribution in [0.1, 0.15) is 37.9 Å². The second-order valence-corrected chi connectivity index (χ2v) is 8.27. The molecule has 2 aromatic carbocycles. The van der Waals surface area contributed by atoms with Crippen molar-refractivity contribution in [1.82, 2.24) is 14.7 Å². The predicted molar refractivity (Wildman–Crippen MR) is 128 cm³/mol. The number of aliphatic hydroxyl groups is 1. The fourth-order valence-electron chi connectivity index (χ4n) is 3.57. The van der Waals surface area contributed by atoms with Crippen molar-refractivity contribution in [1.29, 1.82) is 0 Å². The van der Waals surface area contributed by atoms with Gasteiger partial charge in [0.05, 0.1) is 30.2 Å². The Kier molecular flexibility index (Phi) is 8.56. The molecular weight excluding hydrogens is 426 g/mol. The van der Waals surface area contributed by atoms with Crippen molar-refractivity contribution in [2.24, 2.45) is 0 Å². The van der Waals surface area contributed by atoms with Gasteiger partial charge < -0.3 is 14.6 Å². The van der Waals surface area contributed by atoms with Crippen molar-refractivity contribution in [3.05, 3.63) is 64.8 Å². The summed E-state index contributed by atoms with van der Waals surface area (Å²) in [7, 11) is 1.64. The lowest BCUT2D eigenvalue weighted by Gasteiger charge is -2.24. The van der Waals surface area contributed by atoms with Crippen LogP contribution >= 0.6 is 11.6 Å². The molecule has 0 aliphatic rings. The van der Waals surface area contributed by atoms with E-state index in [1.807, 2.05) is 62.4 Å². The van der Waals surface area contributed by atoms with Crippen LogP contribution in [0.5, 0.6) is 17.4 Å². The molecule has 3 rings (SSSR count). The van der Waals surface area contributed by atoms with Gasteiger partial charge in [-0.25, -0.2) is 4.68 Å². The molecule has 0 fully saturated rings. The molecule has 0 aliphatic heterocycles. The van der Waals surface area contributed by atoms with Crippen molar-refractivity contribution in [3.63, 3.8) is 0 Å². The highest BCUT2D eigenvalue weighted by Crippen LogP contribution is 2.33. The number of hydrogen-bond donors (Lipinski definition) is 1. The molecule has 1 aromatic heterocycles. The van der Waals surface area contributed by atoms with Crippen molar-refractivity contribution < 1.29 is 14.6 Å². The molecular formula is C25H32ClN3O3. The number of halogens is 1. The summed E-state index contributed by atoms with van der Waals surface area (Å²) in [5.74, 6) is 2.09. The Hall–Kier alpha value is -2.54. The Labute approximate surface area is 195 Å². The van der Waals surface area contributed by atoms with E-state index in [0.717, 1.165) is 42.1 Å². The molecule has 0 bridgehead atoms. The number of methoxy groups -OCH3 is 1. The van der Waals surface area contributed by atoms with Crippen LogP contribution in [0.3, 0.4) is 0 Å². The van der Waals surface area contributed by atoms with Crippen LogP contribution in [0.4, 0.5) is 0 Å². The first-order valence-electron chi connectivity index (χ1n) is 11.0. The molecule has 0 amide bonds. The van der Waals surface area contributed by atoms with Gasteiger partial charge in [-0.15, -0.1) is 0 Å². The molecule has 0 spiro atoms. The minimum absolute atomic E-state index is 0.365. The molecule has 0 radical (unpaired) electrons. The van der Waals surface area contributed by atoms with Crippen LogP contribution in [0.25, 0.3) is 5.69 Å². The van der Waals surface area contributed by atoms with E-state index in [4.69, 9.17) is 26.2 Å². The second kappa shape index (κ2) is 11.4. The Morgan fingerprint density at radius 3 is 2.47 bits per heavy atom. The number of nitrogens with zero attached hydrogens (tertiary/aromatic N) is 3. The zero-order valence-corrected chi connectivity index (χ0v) is 20.0. The first-order chi connectivity index (χ1) is 15.4. The molecule has 0 saturated carbocycles. The fourth-order valence-corrected chi connectivity index (χ4v) is 3.75. The quantitative estimate of drug-likeness (QED) is 0.405. The molecule has 1 heterocycles. The van der Waals surface area contributed by atoms with Crippen LogP contribution in [0.15, 0.2) is 48.5 Å². The number of benzene rings is 2. The van der Waals surface area contributed by atoms with E-state index in [2.05, 4.69) is 11.8 Å². The molecule has 0 unspecified atom stereocenters. The number of ether oxygens (including phenoxy) is 2. The average Bonchev–Trinajstić information content (AvgIpc) is 3.09. The Bertz CT molecular complexity index is 1000. The van der Waals surface area contributed by atoms with Crippen molar-refractivity contribution in [3.8, 4) is 23.1 Å². The molecule has 3 aromatic rings. The smallest absolute Gasteiger partial charge is 0.227 e. The lowest BCUT2D eigenvalue weighted by molar-refractivity contribution is 0.105. The molecule has 1 atom stereocenters. The van der Waals surface area contributed by atoms with E-state index in [-0.39, 0.29) is 6.10 Å². The van der Waals surface area contributed by atoms with E-state index in [0.29, 0.717) is 29.7 Å². The third-order valence-electron chi connectivity index (χ3n) is 5.33. The monoisotopic (exact) mass is 457 g/mol. The lowest BCUT2D eigenvalue weighted by atomic mass is 10.2. The van der Waals surface area contributed by atoms with Crippen LogP contribution in [0, 0.1) is 6.92 Å². The largest absolute Gasteiger partial charge is 0.497 e. The molecule has 172 valence electrons. The molecule has 1 N–H and O–H groups in total. The number of aliphatic hydroxyl groups excluding tert-OH is 1. The standard InChI is InChI=1S/C25H32ClN3O3/c1-5-14-28(16-21(30)6-2)17-24-18(3)27-29(20-9-7-8-19(26)15-20)25(24)32-23-12-10-22(31-4)11-13-23/h7-13,15,21,30H,5-6,14,16-17H2,1-4H3/t21-/m0/s1. The van der Waals surface area contributed by atoms with Crippen molar-refractivity contribution in [2.45, 2.75) is 46.3 Å². The van der Waals surface area contributed by atoms with E-state index in [1.165, 1.54) is 0 Å². The Morgan fingerprint density at radius 1 is 1.12 bits per heavy atom. The van der Waals surface area contributed by atoms with Crippen molar-refractivity contribution >= 4 is 11.6 Å². The summed E-state index contributed by atoms with van der Waals surface area (Å²) in [4.78, 5) is 2.25. The first kappa shape index (κ1) is 24.1. The summed E-state index contributed by atoms with van der Waals surface area (Å²) >= 11 is 6.25. The topological polar surface area (TPSA) is 59.8 Å². The van der Waals surface area contributed by atoms with E-state index < -0.39 is 0 Å². The molecule has 0 saturated heterocycles. The summed E-state index contributed by atoms with van der Waals surface area (Å²) in [5, 5.41) is 15.7. The van der Waals surface area contributed by atoms with Crippen molar-refractivity contribution in [2.75, 3.05) is 20.2 Å². The SMILES string of the molecule is CCCN(Cc1c(C)nn(-c2cccc(Cl)c2)c1Oc1ccc(OC)cc1)C[C@@H](O)CC. The van der Waals surface area contributed by atoms with Crippen LogP contribution in [-0.2, 0) is 6.54 Å². The molecule has 7 heteroatoms. The summed E-state index contributed by atoms with van der Waals surface area (Å²) < 4.78 is 13.4.